The van der Waals surface area contributed by atoms with Gasteiger partial charge in [0.15, 0.2) is 0 Å². The molecule has 1 aromatic carbocycles. The summed E-state index contributed by atoms with van der Waals surface area (Å²) in [7, 11) is 1.37. The summed E-state index contributed by atoms with van der Waals surface area (Å²) in [6.07, 6.45) is -1.79. The highest BCUT2D eigenvalue weighted by Gasteiger charge is 2.40. The second kappa shape index (κ2) is 10.0. The van der Waals surface area contributed by atoms with E-state index >= 15 is 0 Å². The highest BCUT2D eigenvalue weighted by Crippen LogP contribution is 2.41. The van der Waals surface area contributed by atoms with E-state index in [1.165, 1.54) is 11.9 Å². The van der Waals surface area contributed by atoms with Crippen LogP contribution < -0.4 is 5.32 Å². The van der Waals surface area contributed by atoms with E-state index in [0.717, 1.165) is 23.9 Å². The van der Waals surface area contributed by atoms with Crippen LogP contribution in [0.25, 0.3) is 0 Å². The number of aromatic nitrogens is 2. The monoisotopic (exact) mass is 502 g/mol. The molecular formula is C24H25F3N6O3. The highest BCUT2D eigenvalue weighted by molar-refractivity contribution is 5.98. The van der Waals surface area contributed by atoms with Crippen LogP contribution in [-0.2, 0) is 16.1 Å². The van der Waals surface area contributed by atoms with Crippen molar-refractivity contribution in [1.29, 1.82) is 5.26 Å². The lowest BCUT2D eigenvalue weighted by Crippen LogP contribution is -2.43. The maximum Gasteiger partial charge on any atom is 0.408 e. The fourth-order valence-electron chi connectivity index (χ4n) is 4.28. The Kier molecular flexibility index (Phi) is 7.01. The summed E-state index contributed by atoms with van der Waals surface area (Å²) in [4.78, 5) is 41.1. The Labute approximate surface area is 205 Å². The first kappa shape index (κ1) is 25.2. The number of alkyl halides is 3. The lowest BCUT2D eigenvalue weighted by atomic mass is 10.1. The molecule has 1 aliphatic heterocycles. The molecule has 1 N–H and O–H groups in total. The molecule has 0 radical (unpaired) electrons. The largest absolute Gasteiger partial charge is 0.408 e. The van der Waals surface area contributed by atoms with Gasteiger partial charge in [-0.05, 0) is 31.4 Å². The molecule has 9 nitrogen and oxygen atoms in total. The first-order valence-corrected chi connectivity index (χ1v) is 11.5. The van der Waals surface area contributed by atoms with Crippen LogP contribution in [0.15, 0.2) is 36.5 Å². The van der Waals surface area contributed by atoms with E-state index in [-0.39, 0.29) is 30.4 Å². The minimum atomic E-state index is -4.49. The van der Waals surface area contributed by atoms with Crippen LogP contribution in [0.1, 0.15) is 41.2 Å². The Morgan fingerprint density at radius 1 is 1.22 bits per heavy atom. The van der Waals surface area contributed by atoms with E-state index < -0.39 is 43.0 Å². The summed E-state index contributed by atoms with van der Waals surface area (Å²) >= 11 is 0. The molecule has 2 aromatic rings. The van der Waals surface area contributed by atoms with Crippen molar-refractivity contribution in [2.24, 2.45) is 5.92 Å². The number of carbonyl (C=O) groups is 3. The third kappa shape index (κ3) is 5.84. The summed E-state index contributed by atoms with van der Waals surface area (Å²) in [6, 6.07) is 10.0. The van der Waals surface area contributed by atoms with E-state index in [2.05, 4.69) is 10.4 Å². The molecule has 2 fully saturated rings. The zero-order valence-corrected chi connectivity index (χ0v) is 19.5. The molecule has 12 heteroatoms. The van der Waals surface area contributed by atoms with Crippen LogP contribution in [0.4, 0.5) is 18.9 Å². The SMILES string of the molecule is CN(CC(=O)N1CC(C(=O)Nc2ccccc2)CC1C#N)C(=O)c1cn(CC(F)(F)F)nc1C1CC1. The first-order valence-electron chi connectivity index (χ1n) is 11.5. The average molecular weight is 502 g/mol. The maximum absolute atomic E-state index is 13.0. The predicted molar refractivity (Wildman–Crippen MR) is 122 cm³/mol. The van der Waals surface area contributed by atoms with Crippen molar-refractivity contribution in [2.75, 3.05) is 25.5 Å². The van der Waals surface area contributed by atoms with Gasteiger partial charge >= 0.3 is 6.18 Å². The van der Waals surface area contributed by atoms with E-state index in [1.807, 2.05) is 12.1 Å². The van der Waals surface area contributed by atoms with Crippen molar-refractivity contribution in [3.05, 3.63) is 47.8 Å². The van der Waals surface area contributed by atoms with Crippen LogP contribution in [0.5, 0.6) is 0 Å². The Bertz CT molecular complexity index is 1190. The number of likely N-dealkylation sites (tertiary alicyclic amines) is 1. The zero-order valence-electron chi connectivity index (χ0n) is 19.5. The minimum Gasteiger partial charge on any atom is -0.332 e. The molecule has 36 heavy (non-hydrogen) atoms. The third-order valence-electron chi connectivity index (χ3n) is 6.23. The number of nitriles is 1. The molecule has 1 saturated heterocycles. The van der Waals surface area contributed by atoms with Gasteiger partial charge in [0.1, 0.15) is 12.6 Å². The van der Waals surface area contributed by atoms with Crippen molar-refractivity contribution in [2.45, 2.75) is 43.9 Å². The number of hydrogen-bond donors (Lipinski definition) is 1. The second-order valence-corrected chi connectivity index (χ2v) is 9.16. The molecule has 1 saturated carbocycles. The molecule has 1 aromatic heterocycles. The molecule has 2 atom stereocenters. The lowest BCUT2D eigenvalue weighted by Gasteiger charge is -2.23. The van der Waals surface area contributed by atoms with Gasteiger partial charge in [0.2, 0.25) is 11.8 Å². The maximum atomic E-state index is 13.0. The minimum absolute atomic E-state index is 0.0224. The van der Waals surface area contributed by atoms with Gasteiger partial charge in [-0.25, -0.2) is 0 Å². The fourth-order valence-corrected chi connectivity index (χ4v) is 4.28. The number of para-hydroxylation sites is 1. The van der Waals surface area contributed by atoms with Crippen molar-refractivity contribution >= 4 is 23.4 Å². The number of nitrogens with one attached hydrogen (secondary N) is 1. The standard InChI is InChI=1S/C24H25F3N6O3/c1-31(23(36)19-12-32(14-24(25,26)27)30-21(19)15-7-8-15)13-20(34)33-11-16(9-18(33)10-28)22(35)29-17-5-3-2-4-6-17/h2-6,12,15-16,18H,7-9,11,13-14H2,1H3,(H,29,35). The van der Waals surface area contributed by atoms with Gasteiger partial charge in [-0.3, -0.25) is 19.1 Å². The molecule has 4 rings (SSSR count). The molecule has 2 heterocycles. The van der Waals surface area contributed by atoms with E-state index in [0.29, 0.717) is 16.1 Å². The summed E-state index contributed by atoms with van der Waals surface area (Å²) in [5.74, 6) is -2.13. The van der Waals surface area contributed by atoms with Gasteiger partial charge in [0.05, 0.1) is 29.8 Å². The van der Waals surface area contributed by atoms with E-state index in [1.54, 1.807) is 24.3 Å². The zero-order chi connectivity index (χ0) is 26.0. The molecule has 190 valence electrons. The summed E-state index contributed by atoms with van der Waals surface area (Å²) in [5.41, 5.74) is 0.941. The summed E-state index contributed by atoms with van der Waals surface area (Å²) in [6.45, 7) is -1.68. The Morgan fingerprint density at radius 2 is 1.92 bits per heavy atom. The molecule has 0 bridgehead atoms. The van der Waals surface area contributed by atoms with Crippen molar-refractivity contribution in [1.82, 2.24) is 19.6 Å². The van der Waals surface area contributed by atoms with Crippen LogP contribution in [0.2, 0.25) is 0 Å². The highest BCUT2D eigenvalue weighted by atomic mass is 19.4. The van der Waals surface area contributed by atoms with E-state index in [9.17, 15) is 32.8 Å². The van der Waals surface area contributed by atoms with Crippen LogP contribution in [0.3, 0.4) is 0 Å². The first-order chi connectivity index (χ1) is 17.1. The normalized spacial score (nSPS) is 19.6. The van der Waals surface area contributed by atoms with Gasteiger partial charge in [-0.2, -0.15) is 23.5 Å². The van der Waals surface area contributed by atoms with Crippen LogP contribution in [-0.4, -0.2) is 69.7 Å². The molecule has 0 spiro atoms. The van der Waals surface area contributed by atoms with Gasteiger partial charge in [0.25, 0.3) is 5.91 Å². The number of rotatable bonds is 7. The number of anilines is 1. The predicted octanol–water partition coefficient (Wildman–Crippen LogP) is 2.77. The fraction of sp³-hybridized carbons (Fsp3) is 0.458. The molecule has 3 amide bonds. The number of hydrogen-bond acceptors (Lipinski definition) is 5. The summed E-state index contributed by atoms with van der Waals surface area (Å²) in [5, 5.41) is 16.3. The van der Waals surface area contributed by atoms with Gasteiger partial charge in [-0.15, -0.1) is 0 Å². The molecule has 2 aliphatic rings. The van der Waals surface area contributed by atoms with Crippen molar-refractivity contribution in [3.8, 4) is 6.07 Å². The Balaban J connectivity index is 1.41. The van der Waals surface area contributed by atoms with Gasteiger partial charge in [0, 0.05) is 31.4 Å². The quantitative estimate of drug-likeness (QED) is 0.626. The molecular weight excluding hydrogens is 477 g/mol. The van der Waals surface area contributed by atoms with Crippen molar-refractivity contribution < 1.29 is 27.6 Å². The Morgan fingerprint density at radius 3 is 2.53 bits per heavy atom. The number of nitrogens with zero attached hydrogens (tertiary/aromatic N) is 5. The smallest absolute Gasteiger partial charge is 0.332 e. The topological polar surface area (TPSA) is 111 Å². The number of carbonyl (C=O) groups excluding carboxylic acids is 3. The number of likely N-dealkylation sites (N-methyl/N-ethyl adjacent to an activating group) is 1. The summed E-state index contributed by atoms with van der Waals surface area (Å²) < 4.78 is 39.2. The van der Waals surface area contributed by atoms with Crippen LogP contribution >= 0.6 is 0 Å². The second-order valence-electron chi connectivity index (χ2n) is 9.16. The van der Waals surface area contributed by atoms with E-state index in [4.69, 9.17) is 0 Å². The molecule has 1 aliphatic carbocycles. The van der Waals surface area contributed by atoms with Crippen molar-refractivity contribution in [3.63, 3.8) is 0 Å². The van der Waals surface area contributed by atoms with Gasteiger partial charge < -0.3 is 15.1 Å². The molecule has 2 unspecified atom stereocenters. The Hall–Kier alpha value is -3.88. The number of amides is 3. The van der Waals surface area contributed by atoms with Gasteiger partial charge in [-0.1, -0.05) is 18.2 Å². The number of benzene rings is 1. The third-order valence-corrected chi connectivity index (χ3v) is 6.23. The lowest BCUT2D eigenvalue weighted by molar-refractivity contribution is -0.142. The number of halogens is 3. The average Bonchev–Trinajstić information content (AvgIpc) is 3.44. The van der Waals surface area contributed by atoms with Crippen LogP contribution in [0, 0.1) is 17.2 Å².